The number of hydrogen-bond acceptors (Lipinski definition) is 6. The maximum atomic E-state index is 13.2. The van der Waals surface area contributed by atoms with Gasteiger partial charge in [-0.1, -0.05) is 11.6 Å². The third-order valence-electron chi connectivity index (χ3n) is 3.98. The minimum Gasteiger partial charge on any atom is -0.369 e. The average Bonchev–Trinajstić information content (AvgIpc) is 2.99. The summed E-state index contributed by atoms with van der Waals surface area (Å²) in [5.74, 6) is 1.04. The second-order valence-corrected chi connectivity index (χ2v) is 8.57. The molecule has 2 N–H and O–H groups in total. The Morgan fingerprint density at radius 2 is 1.86 bits per heavy atom. The SMILES string of the molecule is Cc1cc(C)n(-c2cc(NCCNS(=O)(=O)c3ccc(F)c(Cl)c3)nc(C)n2)n1. The van der Waals surface area contributed by atoms with Gasteiger partial charge in [0.25, 0.3) is 0 Å². The van der Waals surface area contributed by atoms with Gasteiger partial charge in [0.15, 0.2) is 5.82 Å². The zero-order valence-corrected chi connectivity index (χ0v) is 17.6. The maximum absolute atomic E-state index is 13.2. The van der Waals surface area contributed by atoms with Crippen LogP contribution in [0.4, 0.5) is 10.2 Å². The summed E-state index contributed by atoms with van der Waals surface area (Å²) in [4.78, 5) is 8.60. The van der Waals surface area contributed by atoms with Gasteiger partial charge >= 0.3 is 0 Å². The predicted octanol–water partition coefficient (Wildman–Crippen LogP) is 2.77. The van der Waals surface area contributed by atoms with Gasteiger partial charge in [0.1, 0.15) is 17.5 Å². The lowest BCUT2D eigenvalue weighted by atomic mass is 10.3. The van der Waals surface area contributed by atoms with Crippen LogP contribution in [0.15, 0.2) is 35.2 Å². The molecule has 0 unspecified atom stereocenters. The summed E-state index contributed by atoms with van der Waals surface area (Å²) in [5.41, 5.74) is 1.82. The van der Waals surface area contributed by atoms with Crippen LogP contribution in [0, 0.1) is 26.6 Å². The molecule has 0 aliphatic rings. The highest BCUT2D eigenvalue weighted by atomic mass is 35.5. The molecule has 3 aromatic rings. The number of aromatic nitrogens is 4. The van der Waals surface area contributed by atoms with Gasteiger partial charge < -0.3 is 5.32 Å². The van der Waals surface area contributed by atoms with E-state index in [2.05, 4.69) is 25.1 Å². The van der Waals surface area contributed by atoms with Crippen molar-refractivity contribution in [2.24, 2.45) is 0 Å². The second-order valence-electron chi connectivity index (χ2n) is 6.40. The van der Waals surface area contributed by atoms with E-state index in [0.29, 0.717) is 17.5 Å². The van der Waals surface area contributed by atoms with Crippen LogP contribution in [-0.2, 0) is 10.0 Å². The van der Waals surface area contributed by atoms with E-state index in [1.807, 2.05) is 19.9 Å². The lowest BCUT2D eigenvalue weighted by Crippen LogP contribution is -2.29. The molecule has 0 atom stereocenters. The van der Waals surface area contributed by atoms with Crippen LogP contribution in [0.1, 0.15) is 17.2 Å². The first-order valence-electron chi connectivity index (χ1n) is 8.73. The number of anilines is 1. The van der Waals surface area contributed by atoms with E-state index in [-0.39, 0.29) is 23.0 Å². The van der Waals surface area contributed by atoms with Gasteiger partial charge in [-0.05, 0) is 45.0 Å². The topological polar surface area (TPSA) is 102 Å². The van der Waals surface area contributed by atoms with Crippen molar-refractivity contribution in [1.29, 1.82) is 0 Å². The monoisotopic (exact) mass is 438 g/mol. The maximum Gasteiger partial charge on any atom is 0.240 e. The molecule has 29 heavy (non-hydrogen) atoms. The summed E-state index contributed by atoms with van der Waals surface area (Å²) in [5, 5.41) is 7.22. The van der Waals surface area contributed by atoms with Crippen molar-refractivity contribution in [2.45, 2.75) is 25.7 Å². The normalized spacial score (nSPS) is 11.6. The Balaban J connectivity index is 1.65. The van der Waals surface area contributed by atoms with Crippen molar-refractivity contribution in [3.8, 4) is 5.82 Å². The number of sulfonamides is 1. The molecule has 8 nitrogen and oxygen atoms in total. The third-order valence-corrected chi connectivity index (χ3v) is 5.72. The van der Waals surface area contributed by atoms with Crippen LogP contribution in [0.5, 0.6) is 0 Å². The summed E-state index contributed by atoms with van der Waals surface area (Å²) in [6.45, 7) is 5.97. The highest BCUT2D eigenvalue weighted by Gasteiger charge is 2.15. The quantitative estimate of drug-likeness (QED) is 0.550. The Morgan fingerprint density at radius 1 is 1.10 bits per heavy atom. The molecule has 2 heterocycles. The van der Waals surface area contributed by atoms with Gasteiger partial charge in [0.2, 0.25) is 10.0 Å². The Kier molecular flexibility index (Phi) is 6.15. The number of halogens is 2. The molecule has 0 radical (unpaired) electrons. The van der Waals surface area contributed by atoms with E-state index in [1.165, 1.54) is 0 Å². The molecule has 0 saturated heterocycles. The van der Waals surface area contributed by atoms with Gasteiger partial charge in [-0.3, -0.25) is 0 Å². The first-order chi connectivity index (χ1) is 13.7. The summed E-state index contributed by atoms with van der Waals surface area (Å²) >= 11 is 5.65. The summed E-state index contributed by atoms with van der Waals surface area (Å²) in [6, 6.07) is 6.92. The highest BCUT2D eigenvalue weighted by molar-refractivity contribution is 7.89. The van der Waals surface area contributed by atoms with Crippen LogP contribution in [0.2, 0.25) is 5.02 Å². The van der Waals surface area contributed by atoms with Crippen molar-refractivity contribution in [2.75, 3.05) is 18.4 Å². The molecule has 1 aromatic carbocycles. The number of hydrogen-bond donors (Lipinski definition) is 2. The van der Waals surface area contributed by atoms with Crippen LogP contribution in [0.25, 0.3) is 5.82 Å². The van der Waals surface area contributed by atoms with Crippen molar-refractivity contribution in [1.82, 2.24) is 24.5 Å². The van der Waals surface area contributed by atoms with E-state index in [1.54, 1.807) is 17.7 Å². The van der Waals surface area contributed by atoms with Gasteiger partial charge in [-0.15, -0.1) is 0 Å². The molecule has 2 aromatic heterocycles. The summed E-state index contributed by atoms with van der Waals surface area (Å²) in [6.07, 6.45) is 0. The molecule has 154 valence electrons. The molecule has 0 bridgehead atoms. The molecule has 0 spiro atoms. The summed E-state index contributed by atoms with van der Waals surface area (Å²) in [7, 11) is -3.80. The van der Waals surface area contributed by atoms with E-state index < -0.39 is 15.8 Å². The number of nitrogens with zero attached hydrogens (tertiary/aromatic N) is 4. The fraction of sp³-hybridized carbons (Fsp3) is 0.278. The molecular formula is C18H20ClFN6O2S. The Morgan fingerprint density at radius 3 is 2.52 bits per heavy atom. The Hall–Kier alpha value is -2.56. The number of rotatable bonds is 7. The fourth-order valence-electron chi connectivity index (χ4n) is 2.72. The molecular weight excluding hydrogens is 419 g/mol. The minimum absolute atomic E-state index is 0.0929. The minimum atomic E-state index is -3.80. The van der Waals surface area contributed by atoms with Crippen molar-refractivity contribution < 1.29 is 12.8 Å². The molecule has 0 fully saturated rings. The van der Waals surface area contributed by atoms with E-state index in [0.717, 1.165) is 29.6 Å². The lowest BCUT2D eigenvalue weighted by Gasteiger charge is -2.11. The van der Waals surface area contributed by atoms with E-state index in [4.69, 9.17) is 11.6 Å². The second kappa shape index (κ2) is 8.44. The number of aryl methyl sites for hydroxylation is 3. The van der Waals surface area contributed by atoms with Crippen molar-refractivity contribution >= 4 is 27.4 Å². The van der Waals surface area contributed by atoms with E-state index in [9.17, 15) is 12.8 Å². The van der Waals surface area contributed by atoms with E-state index >= 15 is 0 Å². The van der Waals surface area contributed by atoms with Crippen molar-refractivity contribution in [3.05, 3.63) is 58.4 Å². The van der Waals surface area contributed by atoms with Crippen LogP contribution >= 0.6 is 11.6 Å². The highest BCUT2D eigenvalue weighted by Crippen LogP contribution is 2.19. The fourth-order valence-corrected chi connectivity index (χ4v) is 4.02. The zero-order valence-electron chi connectivity index (χ0n) is 16.1. The summed E-state index contributed by atoms with van der Waals surface area (Å²) < 4.78 is 41.9. The average molecular weight is 439 g/mol. The first-order valence-corrected chi connectivity index (χ1v) is 10.6. The lowest BCUT2D eigenvalue weighted by molar-refractivity contribution is 0.582. The molecule has 0 aliphatic carbocycles. The molecule has 0 aliphatic heterocycles. The van der Waals surface area contributed by atoms with Crippen LogP contribution < -0.4 is 10.0 Å². The van der Waals surface area contributed by atoms with Crippen molar-refractivity contribution in [3.63, 3.8) is 0 Å². The molecule has 3 rings (SSSR count). The van der Waals surface area contributed by atoms with Gasteiger partial charge in [0.05, 0.1) is 15.6 Å². The van der Waals surface area contributed by atoms with Crippen LogP contribution in [0.3, 0.4) is 0 Å². The zero-order chi connectivity index (χ0) is 21.2. The van der Waals surface area contributed by atoms with Gasteiger partial charge in [0, 0.05) is 24.8 Å². The largest absolute Gasteiger partial charge is 0.369 e. The van der Waals surface area contributed by atoms with Gasteiger partial charge in [-0.25, -0.2) is 32.2 Å². The Bertz CT molecular complexity index is 1150. The standard InChI is InChI=1S/C18H20ClFN6O2S/c1-11-8-12(2)26(25-11)18-10-17(23-13(3)24-18)21-6-7-22-29(27,28)14-4-5-16(20)15(19)9-14/h4-5,8-10,22H,6-7H2,1-3H3,(H,21,23,24). The van der Waals surface area contributed by atoms with Crippen LogP contribution in [-0.4, -0.2) is 41.3 Å². The number of benzene rings is 1. The Labute approximate surface area is 173 Å². The van der Waals surface area contributed by atoms with Gasteiger partial charge in [-0.2, -0.15) is 5.10 Å². The molecule has 0 saturated carbocycles. The molecule has 11 heteroatoms. The first kappa shape index (κ1) is 21.2. The number of nitrogens with one attached hydrogen (secondary N) is 2. The third kappa shape index (κ3) is 5.08. The smallest absolute Gasteiger partial charge is 0.240 e. The predicted molar refractivity (Wildman–Crippen MR) is 108 cm³/mol. The molecule has 0 amide bonds.